The van der Waals surface area contributed by atoms with Gasteiger partial charge in [0.1, 0.15) is 11.6 Å². The summed E-state index contributed by atoms with van der Waals surface area (Å²) < 4.78 is 24.5. The van der Waals surface area contributed by atoms with Crippen molar-refractivity contribution in [2.24, 2.45) is 4.99 Å². The Bertz CT molecular complexity index is 1300. The van der Waals surface area contributed by atoms with E-state index < -0.39 is 15.7 Å². The number of carbonyl (C=O) groups is 1. The molecule has 34 heavy (non-hydrogen) atoms. The van der Waals surface area contributed by atoms with Crippen LogP contribution in [0.15, 0.2) is 65.3 Å². The molecule has 2 aromatic carbocycles. The number of amidine groups is 1. The SMILES string of the molecule is CC(C)c1ccc(N2C(=N/C=C(\C#N)C(=O)Nc3ccc(Cl)cc3)S[C@H]3CS(=O)(=O)C[C@@H]32)cc1. The molecule has 0 unspecified atom stereocenters. The van der Waals surface area contributed by atoms with Gasteiger partial charge in [-0.2, -0.15) is 5.26 Å². The highest BCUT2D eigenvalue weighted by atomic mass is 35.5. The van der Waals surface area contributed by atoms with Crippen molar-refractivity contribution in [1.29, 1.82) is 5.26 Å². The number of fused-ring (bicyclic) bond motifs is 1. The highest BCUT2D eigenvalue weighted by Crippen LogP contribution is 2.41. The fraction of sp³-hybridized carbons (Fsp3) is 0.292. The van der Waals surface area contributed by atoms with Crippen LogP contribution in [-0.4, -0.2) is 42.3 Å². The van der Waals surface area contributed by atoms with Gasteiger partial charge in [0.15, 0.2) is 15.0 Å². The number of thioether (sulfide) groups is 1. The predicted molar refractivity (Wildman–Crippen MR) is 138 cm³/mol. The maximum atomic E-state index is 12.6. The second-order valence-corrected chi connectivity index (χ2v) is 12.2. The third kappa shape index (κ3) is 5.30. The molecular weight excluding hydrogens is 492 g/mol. The molecule has 4 rings (SSSR count). The van der Waals surface area contributed by atoms with Crippen LogP contribution >= 0.6 is 23.4 Å². The van der Waals surface area contributed by atoms with E-state index in [-0.39, 0.29) is 28.4 Å². The van der Waals surface area contributed by atoms with Crippen LogP contribution in [0.25, 0.3) is 0 Å². The first-order chi connectivity index (χ1) is 16.2. The average molecular weight is 515 g/mol. The van der Waals surface area contributed by atoms with Crippen molar-refractivity contribution in [1.82, 2.24) is 0 Å². The molecule has 7 nitrogen and oxygen atoms in total. The van der Waals surface area contributed by atoms with Gasteiger partial charge in [0, 0.05) is 21.6 Å². The Morgan fingerprint density at radius 2 is 1.88 bits per heavy atom. The number of nitrogens with zero attached hydrogens (tertiary/aromatic N) is 3. The van der Waals surface area contributed by atoms with Crippen molar-refractivity contribution in [3.63, 3.8) is 0 Å². The molecule has 0 bridgehead atoms. The second-order valence-electron chi connectivity index (χ2n) is 8.44. The Kier molecular flexibility index (Phi) is 7.03. The van der Waals surface area contributed by atoms with E-state index in [0.717, 1.165) is 5.69 Å². The lowest BCUT2D eigenvalue weighted by Gasteiger charge is -2.25. The highest BCUT2D eigenvalue weighted by molar-refractivity contribution is 8.16. The van der Waals surface area contributed by atoms with Gasteiger partial charge in [0.2, 0.25) is 0 Å². The lowest BCUT2D eigenvalue weighted by atomic mass is 10.0. The van der Waals surface area contributed by atoms with Crippen molar-refractivity contribution < 1.29 is 13.2 Å². The van der Waals surface area contributed by atoms with Crippen LogP contribution in [0.2, 0.25) is 5.02 Å². The van der Waals surface area contributed by atoms with Gasteiger partial charge in [-0.15, -0.1) is 0 Å². The van der Waals surface area contributed by atoms with E-state index in [9.17, 15) is 18.5 Å². The fourth-order valence-electron chi connectivity index (χ4n) is 3.89. The molecule has 10 heteroatoms. The molecule has 0 aromatic heterocycles. The molecular formula is C24H23ClN4O3S2. The zero-order chi connectivity index (χ0) is 24.5. The fourth-order valence-corrected chi connectivity index (χ4v) is 7.90. The summed E-state index contributed by atoms with van der Waals surface area (Å²) in [5.41, 5.74) is 2.35. The van der Waals surface area contributed by atoms with Crippen LogP contribution < -0.4 is 10.2 Å². The number of anilines is 2. The average Bonchev–Trinajstić information content (AvgIpc) is 3.26. The minimum absolute atomic E-state index is 0.0431. The van der Waals surface area contributed by atoms with E-state index in [1.807, 2.05) is 35.2 Å². The number of halogens is 1. The zero-order valence-electron chi connectivity index (χ0n) is 18.6. The molecule has 1 N–H and O–H groups in total. The Balaban J connectivity index is 1.62. The molecule has 2 atom stereocenters. The standard InChI is InChI=1S/C24H23ClN4O3S2/c1-15(2)16-3-9-20(10-4-16)29-21-13-34(31,32)14-22(21)33-24(29)27-12-17(11-26)23(30)28-19-7-5-18(25)6-8-19/h3-10,12,15,21-22H,13-14H2,1-2H3,(H,28,30)/b17-12+,27-24?/t21-,22-/m0/s1. The highest BCUT2D eigenvalue weighted by Gasteiger charge is 2.49. The molecule has 0 aliphatic carbocycles. The summed E-state index contributed by atoms with van der Waals surface area (Å²) in [6.07, 6.45) is 1.23. The van der Waals surface area contributed by atoms with Crippen LogP contribution in [0.4, 0.5) is 11.4 Å². The number of carbonyl (C=O) groups excluding carboxylic acids is 1. The number of nitrogens with one attached hydrogen (secondary N) is 1. The number of benzene rings is 2. The van der Waals surface area contributed by atoms with Gasteiger partial charge in [-0.3, -0.25) is 4.79 Å². The molecule has 2 aromatic rings. The number of aliphatic imine (C=N–C) groups is 1. The summed E-state index contributed by atoms with van der Waals surface area (Å²) in [4.78, 5) is 18.9. The van der Waals surface area contributed by atoms with Crippen molar-refractivity contribution in [3.8, 4) is 6.07 Å². The van der Waals surface area contributed by atoms with Gasteiger partial charge < -0.3 is 10.2 Å². The van der Waals surface area contributed by atoms with E-state index in [1.165, 1.54) is 23.5 Å². The number of rotatable bonds is 5. The number of sulfone groups is 1. The van der Waals surface area contributed by atoms with E-state index in [1.54, 1.807) is 24.3 Å². The summed E-state index contributed by atoms with van der Waals surface area (Å²) in [6, 6.07) is 16.1. The van der Waals surface area contributed by atoms with Gasteiger partial charge in [-0.1, -0.05) is 49.3 Å². The number of amides is 1. The summed E-state index contributed by atoms with van der Waals surface area (Å²) in [5.74, 6) is -0.0993. The number of hydrogen-bond donors (Lipinski definition) is 1. The quantitative estimate of drug-likeness (QED) is 0.462. The Morgan fingerprint density at radius 1 is 1.21 bits per heavy atom. The lowest BCUT2D eigenvalue weighted by Crippen LogP contribution is -2.37. The van der Waals surface area contributed by atoms with Gasteiger partial charge in [0.25, 0.3) is 5.91 Å². The molecule has 2 aliphatic heterocycles. The van der Waals surface area contributed by atoms with Crippen molar-refractivity contribution in [2.75, 3.05) is 21.7 Å². The molecule has 0 spiro atoms. The van der Waals surface area contributed by atoms with Crippen molar-refractivity contribution in [2.45, 2.75) is 31.1 Å². The first-order valence-electron chi connectivity index (χ1n) is 10.7. The van der Waals surface area contributed by atoms with E-state index in [0.29, 0.717) is 21.8 Å². The molecule has 2 heterocycles. The second kappa shape index (κ2) is 9.82. The Labute approximate surface area is 208 Å². The van der Waals surface area contributed by atoms with Crippen LogP contribution in [0.5, 0.6) is 0 Å². The predicted octanol–water partition coefficient (Wildman–Crippen LogP) is 4.58. The van der Waals surface area contributed by atoms with Crippen LogP contribution in [-0.2, 0) is 14.6 Å². The van der Waals surface area contributed by atoms with Crippen LogP contribution in [0, 0.1) is 11.3 Å². The first kappa shape index (κ1) is 24.3. The molecule has 176 valence electrons. The third-order valence-electron chi connectivity index (χ3n) is 5.68. The van der Waals surface area contributed by atoms with Crippen LogP contribution in [0.3, 0.4) is 0 Å². The summed E-state index contributed by atoms with van der Waals surface area (Å²) in [7, 11) is -3.14. The normalized spacial score (nSPS) is 22.6. The number of hydrogen-bond acceptors (Lipinski definition) is 6. The van der Waals surface area contributed by atoms with E-state index in [2.05, 4.69) is 24.2 Å². The summed E-state index contributed by atoms with van der Waals surface area (Å²) in [5, 5.41) is 13.1. The van der Waals surface area contributed by atoms with E-state index >= 15 is 0 Å². The molecule has 0 radical (unpaired) electrons. The maximum Gasteiger partial charge on any atom is 0.267 e. The topological polar surface area (TPSA) is 103 Å². The smallest absolute Gasteiger partial charge is 0.267 e. The van der Waals surface area contributed by atoms with Gasteiger partial charge >= 0.3 is 0 Å². The molecule has 1 amide bonds. The van der Waals surface area contributed by atoms with Crippen molar-refractivity contribution in [3.05, 3.63) is 70.9 Å². The lowest BCUT2D eigenvalue weighted by molar-refractivity contribution is -0.112. The van der Waals surface area contributed by atoms with Gasteiger partial charge in [-0.05, 0) is 47.9 Å². The van der Waals surface area contributed by atoms with Crippen molar-refractivity contribution >= 4 is 55.6 Å². The molecule has 2 fully saturated rings. The van der Waals surface area contributed by atoms with Crippen LogP contribution in [0.1, 0.15) is 25.3 Å². The largest absolute Gasteiger partial charge is 0.321 e. The molecule has 2 aliphatic rings. The monoisotopic (exact) mass is 514 g/mol. The summed E-state index contributed by atoms with van der Waals surface area (Å²) in [6.45, 7) is 4.22. The third-order valence-corrected chi connectivity index (χ3v) is 9.15. The molecule has 0 saturated carbocycles. The Hall–Kier alpha value is -2.80. The minimum Gasteiger partial charge on any atom is -0.321 e. The Morgan fingerprint density at radius 3 is 2.50 bits per heavy atom. The van der Waals surface area contributed by atoms with E-state index in [4.69, 9.17) is 11.6 Å². The summed E-state index contributed by atoms with van der Waals surface area (Å²) >= 11 is 7.23. The molecule has 2 saturated heterocycles. The maximum absolute atomic E-state index is 12.6. The zero-order valence-corrected chi connectivity index (χ0v) is 21.0. The minimum atomic E-state index is -3.14. The number of nitriles is 1. The van der Waals surface area contributed by atoms with Gasteiger partial charge in [-0.25, -0.2) is 13.4 Å². The first-order valence-corrected chi connectivity index (χ1v) is 13.8. The van der Waals surface area contributed by atoms with Gasteiger partial charge in [0.05, 0.1) is 23.7 Å².